The van der Waals surface area contributed by atoms with Gasteiger partial charge in [0, 0.05) is 28.9 Å². The van der Waals surface area contributed by atoms with Gasteiger partial charge < -0.3 is 5.32 Å². The third-order valence-electron chi connectivity index (χ3n) is 6.95. The van der Waals surface area contributed by atoms with Gasteiger partial charge in [-0.15, -0.1) is 0 Å². The summed E-state index contributed by atoms with van der Waals surface area (Å²) in [5, 5.41) is 1.82. The first-order valence-corrected chi connectivity index (χ1v) is 14.1. The number of anilines is 2. The zero-order valence-corrected chi connectivity index (χ0v) is 22.8. The van der Waals surface area contributed by atoms with Gasteiger partial charge in [-0.25, -0.2) is 9.29 Å². The number of halogens is 4. The number of rotatable bonds is 5. The number of benzene rings is 2. The van der Waals surface area contributed by atoms with E-state index in [1.54, 1.807) is 12.1 Å². The average Bonchev–Trinajstić information content (AvgIpc) is 3.40. The summed E-state index contributed by atoms with van der Waals surface area (Å²) < 4.78 is 54.7. The normalized spacial score (nSPS) is 19.9. The number of aromatic nitrogens is 2. The van der Waals surface area contributed by atoms with Crippen molar-refractivity contribution in [3.8, 4) is 0 Å². The Bertz CT molecular complexity index is 1770. The fourth-order valence-corrected chi connectivity index (χ4v) is 7.90. The van der Waals surface area contributed by atoms with E-state index >= 15 is 0 Å². The molecular formula is C28H18F4N4O4S2. The summed E-state index contributed by atoms with van der Waals surface area (Å²) in [6.07, 6.45) is -1.66. The first-order valence-electron chi connectivity index (χ1n) is 12.4. The summed E-state index contributed by atoms with van der Waals surface area (Å²) in [7, 11) is 0. The molecule has 2 aliphatic heterocycles. The quantitative estimate of drug-likeness (QED) is 0.254. The molecule has 1 saturated heterocycles. The molecule has 14 heteroatoms. The number of carbonyl (C=O) groups excluding carboxylic acids is 3. The molecule has 4 heterocycles. The fraction of sp³-hybridized carbons (Fsp3) is 0.179. The largest absolute Gasteiger partial charge is 0.416 e. The minimum atomic E-state index is -4.68. The van der Waals surface area contributed by atoms with E-state index in [4.69, 9.17) is 0 Å². The SMILES string of the molecule is O=C(Cn1c2c(sc1=O)[C@@H](c1cccnc1)[C@H]1C(=O)N(c3cccc(C(F)(F)F)c3)C(=O)[C@H]1S2)Nc1ccc(F)cc1. The molecular weight excluding hydrogens is 596 g/mol. The van der Waals surface area contributed by atoms with Crippen LogP contribution < -0.4 is 15.1 Å². The van der Waals surface area contributed by atoms with Crippen molar-refractivity contribution in [1.29, 1.82) is 0 Å². The molecule has 3 atom stereocenters. The van der Waals surface area contributed by atoms with E-state index in [1.165, 1.54) is 47.3 Å². The highest BCUT2D eigenvalue weighted by molar-refractivity contribution is 8.00. The molecule has 1 fully saturated rings. The van der Waals surface area contributed by atoms with Gasteiger partial charge in [-0.2, -0.15) is 13.2 Å². The zero-order valence-electron chi connectivity index (χ0n) is 21.2. The van der Waals surface area contributed by atoms with E-state index in [0.29, 0.717) is 21.2 Å². The number of imide groups is 1. The van der Waals surface area contributed by atoms with Crippen molar-refractivity contribution >= 4 is 52.2 Å². The highest BCUT2D eigenvalue weighted by Crippen LogP contribution is 2.54. The molecule has 2 aromatic heterocycles. The standard InChI is InChI=1S/C28H18F4N4O4S2/c29-16-6-8-17(9-7-16)34-19(37)13-35-26-23(42-27(35)40)20(14-3-2-10-33-12-14)21-22(41-26)25(39)36(24(21)38)18-5-1-4-15(11-18)28(30,31)32/h1-12,20-22H,13H2,(H,34,37)/t20-,21+,22-/m0/s1. The molecule has 2 aromatic carbocycles. The Labute approximate surface area is 243 Å². The average molecular weight is 615 g/mol. The van der Waals surface area contributed by atoms with Gasteiger partial charge in [0.1, 0.15) is 17.6 Å². The van der Waals surface area contributed by atoms with Crippen molar-refractivity contribution in [2.75, 3.05) is 10.2 Å². The molecule has 42 heavy (non-hydrogen) atoms. The number of hydrogen-bond donors (Lipinski definition) is 1. The lowest BCUT2D eigenvalue weighted by Gasteiger charge is -2.30. The van der Waals surface area contributed by atoms with Gasteiger partial charge in [0.2, 0.25) is 17.7 Å². The Balaban J connectivity index is 1.39. The molecule has 6 rings (SSSR count). The molecule has 0 saturated carbocycles. The second-order valence-corrected chi connectivity index (χ2v) is 11.7. The van der Waals surface area contributed by atoms with Crippen molar-refractivity contribution in [3.63, 3.8) is 0 Å². The van der Waals surface area contributed by atoms with Crippen LogP contribution in [0.5, 0.6) is 0 Å². The van der Waals surface area contributed by atoms with Gasteiger partial charge in [0.05, 0.1) is 22.2 Å². The second-order valence-electron chi connectivity index (χ2n) is 9.57. The number of hydrogen-bond acceptors (Lipinski definition) is 7. The summed E-state index contributed by atoms with van der Waals surface area (Å²) in [5.41, 5.74) is -0.371. The van der Waals surface area contributed by atoms with Crippen molar-refractivity contribution in [2.24, 2.45) is 5.92 Å². The van der Waals surface area contributed by atoms with Crippen molar-refractivity contribution in [3.05, 3.63) is 105 Å². The van der Waals surface area contributed by atoms with Gasteiger partial charge in [0.25, 0.3) is 0 Å². The van der Waals surface area contributed by atoms with Crippen LogP contribution in [-0.2, 0) is 27.1 Å². The predicted octanol–water partition coefficient (Wildman–Crippen LogP) is 4.90. The van der Waals surface area contributed by atoms with Crippen LogP contribution in [0.4, 0.5) is 28.9 Å². The number of fused-ring (bicyclic) bond motifs is 2. The van der Waals surface area contributed by atoms with E-state index in [9.17, 15) is 36.7 Å². The lowest BCUT2D eigenvalue weighted by molar-refractivity contribution is -0.137. The Morgan fingerprint density at radius 2 is 1.76 bits per heavy atom. The fourth-order valence-electron chi connectivity index (χ4n) is 5.13. The molecule has 4 aromatic rings. The third-order valence-corrected chi connectivity index (χ3v) is 9.56. The molecule has 0 bridgehead atoms. The van der Waals surface area contributed by atoms with Crippen LogP contribution in [0.3, 0.4) is 0 Å². The van der Waals surface area contributed by atoms with E-state index < -0.39 is 63.8 Å². The van der Waals surface area contributed by atoms with Crippen molar-refractivity contribution in [2.45, 2.75) is 28.9 Å². The summed E-state index contributed by atoms with van der Waals surface area (Å²) in [5.74, 6) is -4.34. The summed E-state index contributed by atoms with van der Waals surface area (Å²) in [6, 6.07) is 12.4. The number of thiazole rings is 1. The number of pyridine rings is 1. The highest BCUT2D eigenvalue weighted by Gasteiger charge is 2.57. The monoisotopic (exact) mass is 614 g/mol. The summed E-state index contributed by atoms with van der Waals surface area (Å²) in [4.78, 5) is 58.4. The maximum atomic E-state index is 13.8. The van der Waals surface area contributed by atoms with Crippen LogP contribution in [0, 0.1) is 11.7 Å². The molecule has 0 unspecified atom stereocenters. The van der Waals surface area contributed by atoms with Gasteiger partial charge >= 0.3 is 11.0 Å². The van der Waals surface area contributed by atoms with Crippen LogP contribution >= 0.6 is 23.1 Å². The Morgan fingerprint density at radius 3 is 2.45 bits per heavy atom. The lowest BCUT2D eigenvalue weighted by atomic mass is 9.84. The van der Waals surface area contributed by atoms with Crippen molar-refractivity contribution in [1.82, 2.24) is 9.55 Å². The third kappa shape index (κ3) is 4.90. The molecule has 2 aliphatic rings. The van der Waals surface area contributed by atoms with E-state index in [0.717, 1.165) is 46.2 Å². The van der Waals surface area contributed by atoms with Gasteiger partial charge in [-0.1, -0.05) is 35.2 Å². The maximum Gasteiger partial charge on any atom is 0.416 e. The Hall–Kier alpha value is -4.30. The van der Waals surface area contributed by atoms with Crippen molar-refractivity contribution < 1.29 is 31.9 Å². The van der Waals surface area contributed by atoms with E-state index in [1.807, 2.05) is 0 Å². The minimum Gasteiger partial charge on any atom is -0.325 e. The molecule has 0 radical (unpaired) electrons. The smallest absolute Gasteiger partial charge is 0.325 e. The number of thioether (sulfide) groups is 1. The summed E-state index contributed by atoms with van der Waals surface area (Å²) >= 11 is 1.76. The molecule has 0 spiro atoms. The molecule has 1 N–H and O–H groups in total. The van der Waals surface area contributed by atoms with E-state index in [-0.39, 0.29) is 5.69 Å². The van der Waals surface area contributed by atoms with Gasteiger partial charge in [0.15, 0.2) is 0 Å². The first kappa shape index (κ1) is 27.8. The van der Waals surface area contributed by atoms with Crippen LogP contribution in [0.1, 0.15) is 21.9 Å². The lowest BCUT2D eigenvalue weighted by Crippen LogP contribution is -2.33. The summed E-state index contributed by atoms with van der Waals surface area (Å²) in [6.45, 7) is -0.425. The minimum absolute atomic E-state index is 0.209. The van der Waals surface area contributed by atoms with Crippen LogP contribution in [0.2, 0.25) is 0 Å². The van der Waals surface area contributed by atoms with Gasteiger partial charge in [-0.05, 0) is 54.1 Å². The van der Waals surface area contributed by atoms with Crippen LogP contribution in [0.25, 0.3) is 0 Å². The number of nitrogens with zero attached hydrogens (tertiary/aromatic N) is 3. The number of amides is 3. The molecule has 3 amide bonds. The van der Waals surface area contributed by atoms with Crippen LogP contribution in [0.15, 0.2) is 82.9 Å². The second kappa shape index (κ2) is 10.5. The zero-order chi connectivity index (χ0) is 29.8. The van der Waals surface area contributed by atoms with Gasteiger partial charge in [-0.3, -0.25) is 28.7 Å². The van der Waals surface area contributed by atoms with E-state index in [2.05, 4.69) is 10.3 Å². The predicted molar refractivity (Wildman–Crippen MR) is 147 cm³/mol. The Morgan fingerprint density at radius 1 is 1.00 bits per heavy atom. The maximum absolute atomic E-state index is 13.8. The highest BCUT2D eigenvalue weighted by atomic mass is 32.2. The number of nitrogens with one attached hydrogen (secondary N) is 1. The Kier molecular flexibility index (Phi) is 6.97. The number of carbonyl (C=O) groups is 3. The molecule has 214 valence electrons. The topological polar surface area (TPSA) is 101 Å². The molecule has 8 nitrogen and oxygen atoms in total. The first-order chi connectivity index (χ1) is 20.0. The molecule has 0 aliphatic carbocycles. The van der Waals surface area contributed by atoms with Crippen LogP contribution in [-0.4, -0.2) is 32.5 Å². The number of alkyl halides is 3.